The maximum atomic E-state index is 12.3. The number of anilines is 1. The van der Waals surface area contributed by atoms with Crippen molar-refractivity contribution in [3.8, 4) is 11.5 Å². The van der Waals surface area contributed by atoms with E-state index in [2.05, 4.69) is 15.4 Å². The van der Waals surface area contributed by atoms with Crippen LogP contribution in [-0.2, 0) is 4.79 Å². The monoisotopic (exact) mass is 396 g/mol. The molecule has 0 heterocycles. The number of amides is 2. The van der Waals surface area contributed by atoms with Crippen molar-refractivity contribution in [2.24, 2.45) is 0 Å². The summed E-state index contributed by atoms with van der Waals surface area (Å²) in [5, 5.41) is 5.12. The van der Waals surface area contributed by atoms with Crippen molar-refractivity contribution in [3.63, 3.8) is 0 Å². The number of methoxy groups -OCH3 is 1. The van der Waals surface area contributed by atoms with Crippen LogP contribution in [0, 0.1) is 0 Å². The third-order valence-electron chi connectivity index (χ3n) is 3.43. The van der Waals surface area contributed by atoms with Crippen molar-refractivity contribution < 1.29 is 27.8 Å². The molecule has 0 atom stereocenters. The van der Waals surface area contributed by atoms with E-state index in [0.717, 1.165) is 4.90 Å². The van der Waals surface area contributed by atoms with Gasteiger partial charge in [-0.1, -0.05) is 0 Å². The lowest BCUT2D eigenvalue weighted by molar-refractivity contribution is -0.115. The second-order valence-electron chi connectivity index (χ2n) is 5.20. The fourth-order valence-electron chi connectivity index (χ4n) is 2.14. The SMILES string of the molecule is COc1cc(C(=O)NCC(=O)Nc2ccc(SC)cc2)ccc1OC(F)F. The van der Waals surface area contributed by atoms with E-state index in [1.54, 1.807) is 23.9 Å². The number of ether oxygens (including phenoxy) is 2. The molecule has 2 aromatic rings. The summed E-state index contributed by atoms with van der Waals surface area (Å²) >= 11 is 1.58. The molecular weight excluding hydrogens is 378 g/mol. The molecule has 2 amide bonds. The quantitative estimate of drug-likeness (QED) is 0.669. The highest BCUT2D eigenvalue weighted by Crippen LogP contribution is 2.29. The Morgan fingerprint density at radius 3 is 2.41 bits per heavy atom. The molecule has 0 aromatic heterocycles. The summed E-state index contributed by atoms with van der Waals surface area (Å²) in [5.74, 6) is -1.15. The van der Waals surface area contributed by atoms with Crippen LogP contribution in [0.1, 0.15) is 10.4 Å². The van der Waals surface area contributed by atoms with Crippen LogP contribution in [0.3, 0.4) is 0 Å². The number of hydrogen-bond donors (Lipinski definition) is 2. The van der Waals surface area contributed by atoms with Crippen LogP contribution >= 0.6 is 11.8 Å². The zero-order chi connectivity index (χ0) is 19.8. The fraction of sp³-hybridized carbons (Fsp3) is 0.222. The molecular formula is C18H18F2N2O4S. The maximum Gasteiger partial charge on any atom is 0.387 e. The van der Waals surface area contributed by atoms with Crippen molar-refractivity contribution in [1.29, 1.82) is 0 Å². The summed E-state index contributed by atoms with van der Waals surface area (Å²) in [6, 6.07) is 11.0. The van der Waals surface area contributed by atoms with Crippen LogP contribution in [-0.4, -0.2) is 38.3 Å². The van der Waals surface area contributed by atoms with Crippen LogP contribution in [0.5, 0.6) is 11.5 Å². The third kappa shape index (κ3) is 6.14. The highest BCUT2D eigenvalue weighted by Gasteiger charge is 2.15. The summed E-state index contributed by atoms with van der Waals surface area (Å²) in [7, 11) is 1.27. The van der Waals surface area contributed by atoms with Gasteiger partial charge in [0.15, 0.2) is 11.5 Å². The molecule has 0 aliphatic heterocycles. The number of nitrogens with one attached hydrogen (secondary N) is 2. The highest BCUT2D eigenvalue weighted by molar-refractivity contribution is 7.98. The number of carbonyl (C=O) groups excluding carboxylic acids is 2. The Bertz CT molecular complexity index is 800. The standard InChI is InChI=1S/C18H18F2N2O4S/c1-25-15-9-11(3-8-14(15)26-18(19)20)17(24)21-10-16(23)22-12-4-6-13(27-2)7-5-12/h3-9,18H,10H2,1-2H3,(H,21,24)(H,22,23). The summed E-state index contributed by atoms with van der Waals surface area (Å²) in [4.78, 5) is 25.2. The van der Waals surface area contributed by atoms with E-state index in [-0.39, 0.29) is 23.6 Å². The van der Waals surface area contributed by atoms with Gasteiger partial charge >= 0.3 is 6.61 Å². The lowest BCUT2D eigenvalue weighted by atomic mass is 10.2. The minimum absolute atomic E-state index is 0.0127. The highest BCUT2D eigenvalue weighted by atomic mass is 32.2. The summed E-state index contributed by atoms with van der Waals surface area (Å²) in [5.41, 5.74) is 0.757. The van der Waals surface area contributed by atoms with Crippen LogP contribution in [0.4, 0.5) is 14.5 Å². The summed E-state index contributed by atoms with van der Waals surface area (Å²) in [6.07, 6.45) is 1.95. The molecule has 0 fully saturated rings. The zero-order valence-corrected chi connectivity index (χ0v) is 15.4. The first-order valence-corrected chi connectivity index (χ1v) is 9.00. The minimum Gasteiger partial charge on any atom is -0.493 e. The molecule has 0 spiro atoms. The Hall–Kier alpha value is -2.81. The molecule has 2 rings (SSSR count). The van der Waals surface area contributed by atoms with E-state index in [4.69, 9.17) is 4.74 Å². The average Bonchev–Trinajstić information content (AvgIpc) is 2.66. The van der Waals surface area contributed by atoms with Gasteiger partial charge in [0.05, 0.1) is 13.7 Å². The number of benzene rings is 2. The van der Waals surface area contributed by atoms with Gasteiger partial charge in [-0.15, -0.1) is 11.8 Å². The van der Waals surface area contributed by atoms with Gasteiger partial charge in [-0.25, -0.2) is 0 Å². The Balaban J connectivity index is 1.93. The summed E-state index contributed by atoms with van der Waals surface area (Å²) < 4.78 is 33.9. The maximum absolute atomic E-state index is 12.3. The molecule has 0 saturated heterocycles. The topological polar surface area (TPSA) is 76.7 Å². The molecule has 0 aliphatic carbocycles. The molecule has 0 bridgehead atoms. The Morgan fingerprint density at radius 2 is 1.81 bits per heavy atom. The smallest absolute Gasteiger partial charge is 0.387 e. The second kappa shape index (κ2) is 9.77. The Morgan fingerprint density at radius 1 is 1.11 bits per heavy atom. The number of carbonyl (C=O) groups is 2. The predicted octanol–water partition coefficient (Wildman–Crippen LogP) is 3.39. The van der Waals surface area contributed by atoms with Gasteiger partial charge in [-0.2, -0.15) is 8.78 Å². The Labute approximate surface area is 159 Å². The van der Waals surface area contributed by atoms with Gasteiger partial charge < -0.3 is 20.1 Å². The summed E-state index contributed by atoms with van der Waals surface area (Å²) in [6.45, 7) is -3.26. The van der Waals surface area contributed by atoms with Gasteiger partial charge in [0.25, 0.3) is 5.91 Å². The molecule has 2 N–H and O–H groups in total. The van der Waals surface area contributed by atoms with Crippen molar-refractivity contribution in [3.05, 3.63) is 48.0 Å². The number of thioether (sulfide) groups is 1. The fourth-order valence-corrected chi connectivity index (χ4v) is 2.55. The van der Waals surface area contributed by atoms with Gasteiger partial charge in [-0.05, 0) is 48.7 Å². The van der Waals surface area contributed by atoms with E-state index in [9.17, 15) is 18.4 Å². The van der Waals surface area contributed by atoms with Crippen LogP contribution in [0.25, 0.3) is 0 Å². The molecule has 9 heteroatoms. The molecule has 0 unspecified atom stereocenters. The normalized spacial score (nSPS) is 10.4. The van der Waals surface area contributed by atoms with Crippen LogP contribution in [0.15, 0.2) is 47.4 Å². The zero-order valence-electron chi connectivity index (χ0n) is 14.6. The van der Waals surface area contributed by atoms with E-state index < -0.39 is 18.4 Å². The first-order chi connectivity index (χ1) is 12.9. The largest absolute Gasteiger partial charge is 0.493 e. The van der Waals surface area contributed by atoms with E-state index in [1.165, 1.54) is 25.3 Å². The predicted molar refractivity (Wildman–Crippen MR) is 98.8 cm³/mol. The van der Waals surface area contributed by atoms with E-state index in [0.29, 0.717) is 5.69 Å². The van der Waals surface area contributed by atoms with Crippen molar-refractivity contribution in [2.75, 3.05) is 25.2 Å². The van der Waals surface area contributed by atoms with Gasteiger partial charge in [0, 0.05) is 16.1 Å². The number of halogens is 2. The molecule has 0 aliphatic rings. The van der Waals surface area contributed by atoms with E-state index in [1.807, 2.05) is 18.4 Å². The van der Waals surface area contributed by atoms with Crippen molar-refractivity contribution in [1.82, 2.24) is 5.32 Å². The molecule has 144 valence electrons. The molecule has 27 heavy (non-hydrogen) atoms. The molecule has 0 radical (unpaired) electrons. The van der Waals surface area contributed by atoms with Crippen LogP contribution < -0.4 is 20.1 Å². The average molecular weight is 396 g/mol. The van der Waals surface area contributed by atoms with E-state index >= 15 is 0 Å². The van der Waals surface area contributed by atoms with Crippen molar-refractivity contribution in [2.45, 2.75) is 11.5 Å². The van der Waals surface area contributed by atoms with Gasteiger partial charge in [-0.3, -0.25) is 9.59 Å². The number of rotatable bonds is 8. The lowest BCUT2D eigenvalue weighted by Gasteiger charge is -2.11. The van der Waals surface area contributed by atoms with Crippen LogP contribution in [0.2, 0.25) is 0 Å². The van der Waals surface area contributed by atoms with Gasteiger partial charge in [0.1, 0.15) is 0 Å². The number of alkyl halides is 2. The molecule has 6 nitrogen and oxygen atoms in total. The Kier molecular flexibility index (Phi) is 7.42. The first-order valence-electron chi connectivity index (χ1n) is 7.78. The minimum atomic E-state index is -3.01. The number of hydrogen-bond acceptors (Lipinski definition) is 5. The van der Waals surface area contributed by atoms with Crippen molar-refractivity contribution >= 4 is 29.3 Å². The van der Waals surface area contributed by atoms with Gasteiger partial charge in [0.2, 0.25) is 5.91 Å². The molecule has 2 aromatic carbocycles. The third-order valence-corrected chi connectivity index (χ3v) is 4.17. The lowest BCUT2D eigenvalue weighted by Crippen LogP contribution is -2.32. The molecule has 0 saturated carbocycles. The first kappa shape index (κ1) is 20.5. The second-order valence-corrected chi connectivity index (χ2v) is 6.08.